The van der Waals surface area contributed by atoms with Crippen molar-refractivity contribution in [3.8, 4) is 11.3 Å². The molecule has 2 aromatic rings. The maximum atomic E-state index is 12.4. The lowest BCUT2D eigenvalue weighted by Gasteiger charge is -2.20. The molecule has 1 radical (unpaired) electrons. The van der Waals surface area contributed by atoms with Gasteiger partial charge in [-0.1, -0.05) is 44.2 Å². The Morgan fingerprint density at radius 3 is 2.54 bits per heavy atom. The Morgan fingerprint density at radius 1 is 1.23 bits per heavy atom. The normalized spacial score (nSPS) is 13.3. The van der Waals surface area contributed by atoms with E-state index in [1.165, 1.54) is 6.92 Å². The summed E-state index contributed by atoms with van der Waals surface area (Å²) in [5.74, 6) is -0.572. The molecule has 7 nitrogen and oxygen atoms in total. The van der Waals surface area contributed by atoms with Crippen molar-refractivity contribution >= 4 is 11.8 Å². The molecule has 0 saturated heterocycles. The van der Waals surface area contributed by atoms with Crippen LogP contribution in [0.5, 0.6) is 0 Å². The zero-order valence-corrected chi connectivity index (χ0v) is 15.2. The van der Waals surface area contributed by atoms with Gasteiger partial charge in [-0.15, -0.1) is 0 Å². The number of aromatic amines is 1. The first-order chi connectivity index (χ1) is 12.4. The van der Waals surface area contributed by atoms with Crippen molar-refractivity contribution in [1.29, 1.82) is 0 Å². The molecule has 4 N–H and O–H groups in total. The van der Waals surface area contributed by atoms with Gasteiger partial charge in [-0.3, -0.25) is 14.7 Å². The van der Waals surface area contributed by atoms with Crippen LogP contribution >= 0.6 is 0 Å². The molecule has 0 saturated carbocycles. The standard InChI is InChI=1S/C19H25N4O3/c1-12(2)9-10-20-19(26)17(13(3)24)21-18(25)16-11-15(22-23-16)14-7-5-4-6-8-14/h4-8,10-13,17,24H,9H2,1-3H3,(H,20,26)(H,21,25)(H,22,23)/t13-,17+/m1/s1. The van der Waals surface area contributed by atoms with Gasteiger partial charge in [0.2, 0.25) is 5.91 Å². The fourth-order valence-corrected chi connectivity index (χ4v) is 2.30. The number of aliphatic hydroxyl groups excluding tert-OH is 1. The van der Waals surface area contributed by atoms with Crippen LogP contribution in [0.25, 0.3) is 11.3 Å². The first-order valence-corrected chi connectivity index (χ1v) is 8.60. The molecular weight excluding hydrogens is 332 g/mol. The summed E-state index contributed by atoms with van der Waals surface area (Å²) in [6, 6.07) is 9.96. The fourth-order valence-electron chi connectivity index (χ4n) is 2.30. The zero-order chi connectivity index (χ0) is 19.1. The molecule has 0 aliphatic carbocycles. The largest absolute Gasteiger partial charge is 0.391 e. The van der Waals surface area contributed by atoms with Crippen LogP contribution in [-0.2, 0) is 4.79 Å². The molecular formula is C19H25N4O3. The molecule has 1 aromatic carbocycles. The van der Waals surface area contributed by atoms with E-state index >= 15 is 0 Å². The van der Waals surface area contributed by atoms with Crippen LogP contribution in [0.4, 0.5) is 0 Å². The van der Waals surface area contributed by atoms with Crippen LogP contribution in [0.2, 0.25) is 0 Å². The SMILES string of the molecule is CC(C)C[CH]NC(=O)[C@@H](NC(=O)c1cc(-c2ccccc2)n[nH]1)[C@@H](C)O. The molecule has 0 bridgehead atoms. The summed E-state index contributed by atoms with van der Waals surface area (Å²) in [4.78, 5) is 24.6. The number of carbonyl (C=O) groups excluding carboxylic acids is 2. The molecule has 0 unspecified atom stereocenters. The lowest BCUT2D eigenvalue weighted by atomic mass is 10.1. The highest BCUT2D eigenvalue weighted by atomic mass is 16.3. The van der Waals surface area contributed by atoms with Gasteiger partial charge >= 0.3 is 0 Å². The van der Waals surface area contributed by atoms with Gasteiger partial charge in [-0.2, -0.15) is 5.10 Å². The number of rotatable bonds is 8. The van der Waals surface area contributed by atoms with Gasteiger partial charge in [0.15, 0.2) is 0 Å². The van der Waals surface area contributed by atoms with E-state index in [2.05, 4.69) is 20.8 Å². The summed E-state index contributed by atoms with van der Waals surface area (Å²) >= 11 is 0. The molecule has 0 aliphatic heterocycles. The number of amides is 2. The molecule has 139 valence electrons. The molecule has 26 heavy (non-hydrogen) atoms. The quantitative estimate of drug-likeness (QED) is 0.578. The second kappa shape index (κ2) is 9.15. The van der Waals surface area contributed by atoms with Gasteiger partial charge in [0.05, 0.1) is 11.8 Å². The van der Waals surface area contributed by atoms with Crippen molar-refractivity contribution in [3.63, 3.8) is 0 Å². The number of aromatic nitrogens is 2. The van der Waals surface area contributed by atoms with E-state index in [1.807, 2.05) is 44.2 Å². The average Bonchev–Trinajstić information content (AvgIpc) is 3.09. The van der Waals surface area contributed by atoms with E-state index in [9.17, 15) is 14.7 Å². The van der Waals surface area contributed by atoms with Crippen molar-refractivity contribution in [2.45, 2.75) is 39.3 Å². The van der Waals surface area contributed by atoms with Crippen molar-refractivity contribution in [2.24, 2.45) is 5.92 Å². The Bertz CT molecular complexity index is 725. The van der Waals surface area contributed by atoms with Crippen LogP contribution in [-0.4, -0.2) is 39.3 Å². The Labute approximate surface area is 153 Å². The van der Waals surface area contributed by atoms with Crippen LogP contribution in [0.3, 0.4) is 0 Å². The summed E-state index contributed by atoms with van der Waals surface area (Å²) in [6.45, 7) is 7.14. The summed E-state index contributed by atoms with van der Waals surface area (Å²) < 4.78 is 0. The number of carbonyl (C=O) groups is 2. The number of benzene rings is 1. The van der Waals surface area contributed by atoms with Crippen LogP contribution in [0, 0.1) is 12.5 Å². The highest BCUT2D eigenvalue weighted by Gasteiger charge is 2.26. The van der Waals surface area contributed by atoms with E-state index in [1.54, 1.807) is 12.6 Å². The van der Waals surface area contributed by atoms with Gasteiger partial charge in [0, 0.05) is 12.1 Å². The first kappa shape index (κ1) is 19.7. The van der Waals surface area contributed by atoms with Crippen molar-refractivity contribution in [2.75, 3.05) is 0 Å². The molecule has 1 aromatic heterocycles. The van der Waals surface area contributed by atoms with Crippen molar-refractivity contribution in [3.05, 3.63) is 48.6 Å². The van der Waals surface area contributed by atoms with Crippen LogP contribution in [0.1, 0.15) is 37.7 Å². The molecule has 2 atom stereocenters. The monoisotopic (exact) mass is 357 g/mol. The van der Waals surface area contributed by atoms with E-state index < -0.39 is 24.0 Å². The zero-order valence-electron chi connectivity index (χ0n) is 15.2. The number of hydrogen-bond acceptors (Lipinski definition) is 4. The summed E-state index contributed by atoms with van der Waals surface area (Å²) in [7, 11) is 0. The second-order valence-corrected chi connectivity index (χ2v) is 6.57. The Kier molecular flexibility index (Phi) is 6.91. The number of hydrogen-bond donors (Lipinski definition) is 4. The molecule has 2 amide bonds. The Balaban J connectivity index is 2.01. The predicted octanol–water partition coefficient (Wildman–Crippen LogP) is 1.88. The number of nitrogens with zero attached hydrogens (tertiary/aromatic N) is 1. The van der Waals surface area contributed by atoms with E-state index in [0.717, 1.165) is 5.56 Å². The van der Waals surface area contributed by atoms with Gasteiger partial charge in [-0.05, 0) is 25.3 Å². The lowest BCUT2D eigenvalue weighted by molar-refractivity contribution is -0.124. The fraction of sp³-hybridized carbons (Fsp3) is 0.368. The van der Waals surface area contributed by atoms with Gasteiger partial charge in [0.25, 0.3) is 5.91 Å². The van der Waals surface area contributed by atoms with E-state index in [4.69, 9.17) is 0 Å². The predicted molar refractivity (Wildman–Crippen MR) is 98.9 cm³/mol. The minimum absolute atomic E-state index is 0.216. The molecule has 7 heteroatoms. The average molecular weight is 357 g/mol. The number of aliphatic hydroxyl groups is 1. The third-order valence-corrected chi connectivity index (χ3v) is 3.78. The number of H-pyrrole nitrogens is 1. The maximum Gasteiger partial charge on any atom is 0.270 e. The summed E-state index contributed by atoms with van der Waals surface area (Å²) in [5, 5.41) is 21.8. The van der Waals surface area contributed by atoms with E-state index in [-0.39, 0.29) is 5.69 Å². The molecule has 0 fully saturated rings. The maximum absolute atomic E-state index is 12.4. The van der Waals surface area contributed by atoms with Gasteiger partial charge in [-0.25, -0.2) is 0 Å². The smallest absolute Gasteiger partial charge is 0.270 e. The summed E-state index contributed by atoms with van der Waals surface area (Å²) in [6.07, 6.45) is -0.337. The third kappa shape index (κ3) is 5.42. The minimum Gasteiger partial charge on any atom is -0.391 e. The minimum atomic E-state index is -1.06. The third-order valence-electron chi connectivity index (χ3n) is 3.78. The Morgan fingerprint density at radius 2 is 1.92 bits per heavy atom. The topological polar surface area (TPSA) is 107 Å². The summed E-state index contributed by atoms with van der Waals surface area (Å²) in [5.41, 5.74) is 1.71. The number of nitrogens with one attached hydrogen (secondary N) is 3. The Hall–Kier alpha value is -2.67. The molecule has 0 spiro atoms. The van der Waals surface area contributed by atoms with Gasteiger partial charge < -0.3 is 15.7 Å². The van der Waals surface area contributed by atoms with Crippen LogP contribution < -0.4 is 10.6 Å². The highest BCUT2D eigenvalue weighted by molar-refractivity contribution is 5.97. The lowest BCUT2D eigenvalue weighted by Crippen LogP contribution is -2.52. The van der Waals surface area contributed by atoms with Crippen LogP contribution in [0.15, 0.2) is 36.4 Å². The second-order valence-electron chi connectivity index (χ2n) is 6.57. The van der Waals surface area contributed by atoms with Crippen molar-refractivity contribution in [1.82, 2.24) is 20.8 Å². The first-order valence-electron chi connectivity index (χ1n) is 8.60. The highest BCUT2D eigenvalue weighted by Crippen LogP contribution is 2.16. The van der Waals surface area contributed by atoms with Gasteiger partial charge in [0.1, 0.15) is 11.7 Å². The molecule has 2 rings (SSSR count). The molecule has 1 heterocycles. The van der Waals surface area contributed by atoms with E-state index in [0.29, 0.717) is 18.0 Å². The molecule has 0 aliphatic rings. The van der Waals surface area contributed by atoms with Crippen molar-refractivity contribution < 1.29 is 14.7 Å².